The standard InChI is InChI=1S/C14H16ClNO3/c1-4-18-13-7-10(5-6-12(13)17-3)14-16-11(8-15)9(2)19-14/h5-7H,4,8H2,1-3H3. The lowest BCUT2D eigenvalue weighted by Gasteiger charge is -2.09. The monoisotopic (exact) mass is 281 g/mol. The fraction of sp³-hybridized carbons (Fsp3) is 0.357. The first-order chi connectivity index (χ1) is 9.19. The van der Waals surface area contributed by atoms with Crippen molar-refractivity contribution in [1.29, 1.82) is 0 Å². The molecule has 19 heavy (non-hydrogen) atoms. The highest BCUT2D eigenvalue weighted by molar-refractivity contribution is 6.16. The molecule has 0 amide bonds. The molecule has 0 atom stereocenters. The van der Waals surface area contributed by atoms with Gasteiger partial charge >= 0.3 is 0 Å². The van der Waals surface area contributed by atoms with Crippen molar-refractivity contribution >= 4 is 11.6 Å². The van der Waals surface area contributed by atoms with Gasteiger partial charge in [0.1, 0.15) is 5.76 Å². The van der Waals surface area contributed by atoms with E-state index < -0.39 is 0 Å². The Balaban J connectivity index is 2.41. The van der Waals surface area contributed by atoms with Gasteiger partial charge in [-0.3, -0.25) is 0 Å². The van der Waals surface area contributed by atoms with Crippen molar-refractivity contribution in [3.05, 3.63) is 29.7 Å². The zero-order valence-corrected chi connectivity index (χ0v) is 12.0. The van der Waals surface area contributed by atoms with E-state index in [-0.39, 0.29) is 0 Å². The van der Waals surface area contributed by atoms with Crippen LogP contribution in [0.1, 0.15) is 18.4 Å². The van der Waals surface area contributed by atoms with Crippen LogP contribution >= 0.6 is 11.6 Å². The highest BCUT2D eigenvalue weighted by atomic mass is 35.5. The van der Waals surface area contributed by atoms with E-state index in [4.69, 9.17) is 25.5 Å². The summed E-state index contributed by atoms with van der Waals surface area (Å²) in [6.07, 6.45) is 0. The molecule has 1 aromatic carbocycles. The molecule has 2 aromatic rings. The third-order valence-electron chi connectivity index (χ3n) is 2.73. The van der Waals surface area contributed by atoms with Gasteiger partial charge in [0.15, 0.2) is 11.5 Å². The summed E-state index contributed by atoms with van der Waals surface area (Å²) >= 11 is 5.79. The van der Waals surface area contributed by atoms with Crippen LogP contribution in [0.25, 0.3) is 11.5 Å². The maximum atomic E-state index is 5.79. The van der Waals surface area contributed by atoms with Crippen LogP contribution in [0.5, 0.6) is 11.5 Å². The van der Waals surface area contributed by atoms with Crippen LogP contribution in [-0.2, 0) is 5.88 Å². The molecule has 0 saturated carbocycles. The molecule has 0 unspecified atom stereocenters. The number of methoxy groups -OCH3 is 1. The lowest BCUT2D eigenvalue weighted by molar-refractivity contribution is 0.311. The molecule has 1 aromatic heterocycles. The number of aryl methyl sites for hydroxylation is 1. The Morgan fingerprint density at radius 2 is 2.11 bits per heavy atom. The Labute approximate surface area is 117 Å². The molecule has 0 saturated heterocycles. The summed E-state index contributed by atoms with van der Waals surface area (Å²) in [7, 11) is 1.61. The average Bonchev–Trinajstić information content (AvgIpc) is 2.80. The van der Waals surface area contributed by atoms with Gasteiger partial charge in [0.05, 0.1) is 25.3 Å². The third-order valence-corrected chi connectivity index (χ3v) is 2.98. The van der Waals surface area contributed by atoms with Gasteiger partial charge in [-0.05, 0) is 32.0 Å². The van der Waals surface area contributed by atoms with Gasteiger partial charge < -0.3 is 13.9 Å². The Kier molecular flexibility index (Phi) is 4.32. The number of nitrogens with zero attached hydrogens (tertiary/aromatic N) is 1. The molecule has 0 spiro atoms. The van der Waals surface area contributed by atoms with Crippen molar-refractivity contribution in [3.8, 4) is 23.0 Å². The second-order valence-electron chi connectivity index (χ2n) is 3.95. The molecular formula is C14H16ClNO3. The highest BCUT2D eigenvalue weighted by Gasteiger charge is 2.13. The second kappa shape index (κ2) is 5.97. The van der Waals surface area contributed by atoms with Gasteiger partial charge in [-0.25, -0.2) is 4.98 Å². The smallest absolute Gasteiger partial charge is 0.226 e. The van der Waals surface area contributed by atoms with Crippen molar-refractivity contribution in [2.45, 2.75) is 19.7 Å². The molecule has 0 N–H and O–H groups in total. The lowest BCUT2D eigenvalue weighted by atomic mass is 10.2. The van der Waals surface area contributed by atoms with Crippen molar-refractivity contribution in [3.63, 3.8) is 0 Å². The fourth-order valence-electron chi connectivity index (χ4n) is 1.75. The van der Waals surface area contributed by atoms with Gasteiger partial charge in [0.2, 0.25) is 5.89 Å². The molecule has 0 fully saturated rings. The molecule has 5 heteroatoms. The number of aromatic nitrogens is 1. The van der Waals surface area contributed by atoms with Crippen molar-refractivity contribution in [2.24, 2.45) is 0 Å². The topological polar surface area (TPSA) is 44.5 Å². The van der Waals surface area contributed by atoms with Crippen LogP contribution in [-0.4, -0.2) is 18.7 Å². The Hall–Kier alpha value is -1.68. The largest absolute Gasteiger partial charge is 0.493 e. The minimum Gasteiger partial charge on any atom is -0.493 e. The Bertz CT molecular complexity index is 566. The summed E-state index contributed by atoms with van der Waals surface area (Å²) in [5.41, 5.74) is 1.59. The summed E-state index contributed by atoms with van der Waals surface area (Å²) in [5.74, 6) is 2.97. The number of halogens is 1. The van der Waals surface area contributed by atoms with E-state index >= 15 is 0 Å². The number of rotatable bonds is 5. The highest BCUT2D eigenvalue weighted by Crippen LogP contribution is 2.33. The quantitative estimate of drug-likeness (QED) is 0.782. The van der Waals surface area contributed by atoms with Crippen LogP contribution < -0.4 is 9.47 Å². The lowest BCUT2D eigenvalue weighted by Crippen LogP contribution is -1.95. The van der Waals surface area contributed by atoms with Crippen LogP contribution in [0.4, 0.5) is 0 Å². The van der Waals surface area contributed by atoms with Gasteiger partial charge in [-0.15, -0.1) is 11.6 Å². The number of benzene rings is 1. The van der Waals surface area contributed by atoms with Gasteiger partial charge in [-0.1, -0.05) is 0 Å². The fourth-order valence-corrected chi connectivity index (χ4v) is 2.00. The van der Waals surface area contributed by atoms with E-state index in [1.54, 1.807) is 7.11 Å². The van der Waals surface area contributed by atoms with Crippen molar-refractivity contribution in [2.75, 3.05) is 13.7 Å². The minimum atomic E-state index is 0.337. The van der Waals surface area contributed by atoms with E-state index in [1.165, 1.54) is 0 Å². The predicted molar refractivity (Wildman–Crippen MR) is 74.0 cm³/mol. The molecule has 4 nitrogen and oxygen atoms in total. The number of ether oxygens (including phenoxy) is 2. The van der Waals surface area contributed by atoms with E-state index in [9.17, 15) is 0 Å². The molecule has 1 heterocycles. The molecule has 0 aliphatic carbocycles. The summed E-state index contributed by atoms with van der Waals surface area (Å²) in [4.78, 5) is 4.36. The van der Waals surface area contributed by atoms with Crippen LogP contribution in [0.3, 0.4) is 0 Å². The molecule has 102 valence electrons. The van der Waals surface area contributed by atoms with Crippen LogP contribution in [0, 0.1) is 6.92 Å². The predicted octanol–water partition coefficient (Wildman–Crippen LogP) is 3.80. The second-order valence-corrected chi connectivity index (χ2v) is 4.22. The van der Waals surface area contributed by atoms with Gasteiger partial charge in [0, 0.05) is 5.56 Å². The van der Waals surface area contributed by atoms with Crippen molar-refractivity contribution in [1.82, 2.24) is 4.98 Å². The maximum Gasteiger partial charge on any atom is 0.226 e. The maximum absolute atomic E-state index is 5.79. The average molecular weight is 282 g/mol. The SMILES string of the molecule is CCOc1cc(-c2nc(CCl)c(C)o2)ccc1OC. The molecule has 2 rings (SSSR count). The number of hydrogen-bond acceptors (Lipinski definition) is 4. The number of oxazole rings is 1. The van der Waals surface area contributed by atoms with E-state index in [2.05, 4.69) is 4.98 Å². The van der Waals surface area contributed by atoms with Gasteiger partial charge in [0.25, 0.3) is 0 Å². The Morgan fingerprint density at radius 1 is 1.32 bits per heavy atom. The zero-order valence-electron chi connectivity index (χ0n) is 11.2. The minimum absolute atomic E-state index is 0.337. The summed E-state index contributed by atoms with van der Waals surface area (Å²) in [6, 6.07) is 5.57. The Morgan fingerprint density at radius 3 is 2.68 bits per heavy atom. The first-order valence-corrected chi connectivity index (χ1v) is 6.56. The molecular weight excluding hydrogens is 266 g/mol. The van der Waals surface area contributed by atoms with Crippen LogP contribution in [0.2, 0.25) is 0 Å². The molecule has 0 aliphatic heterocycles. The zero-order chi connectivity index (χ0) is 13.8. The first kappa shape index (κ1) is 13.7. The summed E-state index contributed by atoms with van der Waals surface area (Å²) in [5, 5.41) is 0. The van der Waals surface area contributed by atoms with E-state index in [0.717, 1.165) is 17.0 Å². The van der Waals surface area contributed by atoms with Crippen LogP contribution in [0.15, 0.2) is 22.6 Å². The molecule has 0 aliphatic rings. The van der Waals surface area contributed by atoms with Crippen molar-refractivity contribution < 1.29 is 13.9 Å². The normalized spacial score (nSPS) is 10.5. The summed E-state index contributed by atoms with van der Waals surface area (Å²) in [6.45, 7) is 4.34. The molecule has 0 bridgehead atoms. The molecule has 0 radical (unpaired) electrons. The van der Waals surface area contributed by atoms with E-state index in [0.29, 0.717) is 29.9 Å². The van der Waals surface area contributed by atoms with Gasteiger partial charge in [-0.2, -0.15) is 0 Å². The first-order valence-electron chi connectivity index (χ1n) is 6.03. The number of alkyl halides is 1. The summed E-state index contributed by atoms with van der Waals surface area (Å²) < 4.78 is 16.4. The van der Waals surface area contributed by atoms with E-state index in [1.807, 2.05) is 32.0 Å². The number of hydrogen-bond donors (Lipinski definition) is 0. The third kappa shape index (κ3) is 2.84.